The van der Waals surface area contributed by atoms with E-state index < -0.39 is 5.60 Å². The number of nitrogens with one attached hydrogen (secondary N) is 1. The largest absolute Gasteiger partial charge is 0.462 e. The Morgan fingerprint density at radius 3 is 2.81 bits per heavy atom. The number of aliphatic hydroxyl groups is 1. The molecule has 5 heteroatoms. The Labute approximate surface area is 157 Å². The zero-order chi connectivity index (χ0) is 19.0. The summed E-state index contributed by atoms with van der Waals surface area (Å²) in [6.45, 7) is 6.25. The first-order valence-corrected chi connectivity index (χ1v) is 10.2. The first-order valence-electron chi connectivity index (χ1n) is 10.2. The first-order chi connectivity index (χ1) is 12.4. The summed E-state index contributed by atoms with van der Waals surface area (Å²) >= 11 is 0. The van der Waals surface area contributed by atoms with Crippen molar-refractivity contribution < 1.29 is 19.4 Å². The van der Waals surface area contributed by atoms with Crippen LogP contribution in [0.15, 0.2) is 12.2 Å². The maximum absolute atomic E-state index is 12.0. The van der Waals surface area contributed by atoms with Gasteiger partial charge in [-0.05, 0) is 70.1 Å². The van der Waals surface area contributed by atoms with Crippen LogP contribution in [0.5, 0.6) is 0 Å². The molecule has 0 radical (unpaired) electrons. The Balaban J connectivity index is 1.49. The lowest BCUT2D eigenvalue weighted by Gasteiger charge is -2.45. The normalized spacial score (nSPS) is 27.6. The molecule has 2 rings (SSSR count). The van der Waals surface area contributed by atoms with E-state index in [-0.39, 0.29) is 11.9 Å². The van der Waals surface area contributed by atoms with E-state index in [0.717, 1.165) is 51.4 Å². The zero-order valence-corrected chi connectivity index (χ0v) is 16.2. The van der Waals surface area contributed by atoms with Gasteiger partial charge in [0, 0.05) is 18.5 Å². The molecule has 2 fully saturated rings. The van der Waals surface area contributed by atoms with Crippen molar-refractivity contribution in [2.45, 2.75) is 83.2 Å². The van der Waals surface area contributed by atoms with Gasteiger partial charge in [-0.3, -0.25) is 4.79 Å². The van der Waals surface area contributed by atoms with Gasteiger partial charge in [0.05, 0.1) is 12.2 Å². The van der Waals surface area contributed by atoms with Crippen molar-refractivity contribution in [1.29, 1.82) is 0 Å². The third kappa shape index (κ3) is 7.10. The molecule has 0 aromatic heterocycles. The number of unbranched alkanes of at least 4 members (excludes halogenated alkanes) is 2. The Bertz CT molecular complexity index is 504. The zero-order valence-electron chi connectivity index (χ0n) is 16.2. The summed E-state index contributed by atoms with van der Waals surface area (Å²) in [7, 11) is 0. The smallest absolute Gasteiger partial charge is 0.333 e. The first kappa shape index (κ1) is 20.9. The van der Waals surface area contributed by atoms with E-state index in [1.54, 1.807) is 6.92 Å². The van der Waals surface area contributed by atoms with Gasteiger partial charge >= 0.3 is 5.97 Å². The summed E-state index contributed by atoms with van der Waals surface area (Å²) in [5, 5.41) is 13.6. The van der Waals surface area contributed by atoms with Gasteiger partial charge in [-0.15, -0.1) is 0 Å². The average molecular weight is 366 g/mol. The number of carbonyl (C=O) groups is 2. The van der Waals surface area contributed by atoms with Crippen molar-refractivity contribution in [2.75, 3.05) is 13.2 Å². The van der Waals surface area contributed by atoms with Crippen LogP contribution < -0.4 is 5.32 Å². The number of carbonyl (C=O) groups excluding carboxylic acids is 2. The van der Waals surface area contributed by atoms with Crippen molar-refractivity contribution >= 4 is 11.9 Å². The maximum atomic E-state index is 12.0. The second kappa shape index (κ2) is 10.1. The standard InChI is InChI=1S/C21H35NO4/c1-16(2)20(24)26-12-5-3-4-11-22-19(23)9-8-18-13-17-7-6-10-21(25,14-17)15-18/h17-18,25H,1,3-15H2,2H3,(H,22,23). The summed E-state index contributed by atoms with van der Waals surface area (Å²) in [4.78, 5) is 23.2. The monoisotopic (exact) mass is 365 g/mol. The lowest BCUT2D eigenvalue weighted by molar-refractivity contribution is -0.139. The molecule has 5 nitrogen and oxygen atoms in total. The second-order valence-corrected chi connectivity index (χ2v) is 8.36. The molecule has 0 spiro atoms. The summed E-state index contributed by atoms with van der Waals surface area (Å²) in [5.74, 6) is 0.929. The highest BCUT2D eigenvalue weighted by atomic mass is 16.5. The van der Waals surface area contributed by atoms with E-state index in [9.17, 15) is 14.7 Å². The van der Waals surface area contributed by atoms with Crippen molar-refractivity contribution in [3.8, 4) is 0 Å². The minimum atomic E-state index is -0.449. The van der Waals surface area contributed by atoms with Crippen molar-refractivity contribution in [2.24, 2.45) is 11.8 Å². The highest BCUT2D eigenvalue weighted by molar-refractivity contribution is 5.86. The van der Waals surface area contributed by atoms with Crippen LogP contribution in [0.2, 0.25) is 0 Å². The van der Waals surface area contributed by atoms with Crippen LogP contribution in [-0.4, -0.2) is 35.7 Å². The highest BCUT2D eigenvalue weighted by Gasteiger charge is 2.41. The molecule has 0 aromatic rings. The van der Waals surface area contributed by atoms with Crippen molar-refractivity contribution in [3.63, 3.8) is 0 Å². The van der Waals surface area contributed by atoms with Crippen LogP contribution in [0.4, 0.5) is 0 Å². The Kier molecular flexibility index (Phi) is 8.14. The number of ether oxygens (including phenoxy) is 1. The predicted octanol–water partition coefficient (Wildman–Crippen LogP) is 3.50. The minimum Gasteiger partial charge on any atom is -0.462 e. The minimum absolute atomic E-state index is 0.112. The maximum Gasteiger partial charge on any atom is 0.333 e. The fraction of sp³-hybridized carbons (Fsp3) is 0.810. The molecule has 2 bridgehead atoms. The molecular formula is C21H35NO4. The number of hydrogen-bond donors (Lipinski definition) is 2. The summed E-state index contributed by atoms with van der Waals surface area (Å²) < 4.78 is 5.03. The van der Waals surface area contributed by atoms with Gasteiger partial charge in [0.15, 0.2) is 0 Å². The molecule has 0 aromatic carbocycles. The quantitative estimate of drug-likeness (QED) is 0.353. The van der Waals surface area contributed by atoms with E-state index in [4.69, 9.17) is 4.74 Å². The summed E-state index contributed by atoms with van der Waals surface area (Å²) in [6.07, 6.45) is 10.4. The van der Waals surface area contributed by atoms with Gasteiger partial charge in [0.2, 0.25) is 5.91 Å². The molecule has 2 aliphatic rings. The van der Waals surface area contributed by atoms with E-state index >= 15 is 0 Å². The van der Waals surface area contributed by atoms with Gasteiger partial charge < -0.3 is 15.2 Å². The van der Waals surface area contributed by atoms with E-state index in [2.05, 4.69) is 11.9 Å². The Morgan fingerprint density at radius 1 is 1.27 bits per heavy atom. The van der Waals surface area contributed by atoms with Crippen molar-refractivity contribution in [3.05, 3.63) is 12.2 Å². The van der Waals surface area contributed by atoms with Crippen molar-refractivity contribution in [1.82, 2.24) is 5.32 Å². The highest BCUT2D eigenvalue weighted by Crippen LogP contribution is 2.46. The lowest BCUT2D eigenvalue weighted by Crippen LogP contribution is -2.42. The number of hydrogen-bond acceptors (Lipinski definition) is 4. The number of amides is 1. The lowest BCUT2D eigenvalue weighted by atomic mass is 9.64. The van der Waals surface area contributed by atoms with Crippen LogP contribution in [0.25, 0.3) is 0 Å². The van der Waals surface area contributed by atoms with Crippen LogP contribution in [0.3, 0.4) is 0 Å². The van der Waals surface area contributed by atoms with E-state index in [1.165, 1.54) is 12.8 Å². The molecule has 3 atom stereocenters. The summed E-state index contributed by atoms with van der Waals surface area (Å²) in [6, 6.07) is 0. The molecule has 1 amide bonds. The predicted molar refractivity (Wildman–Crippen MR) is 101 cm³/mol. The van der Waals surface area contributed by atoms with Gasteiger partial charge in [0.25, 0.3) is 0 Å². The number of fused-ring (bicyclic) bond motifs is 2. The molecule has 2 N–H and O–H groups in total. The third-order valence-corrected chi connectivity index (χ3v) is 5.76. The molecule has 2 aliphatic carbocycles. The van der Waals surface area contributed by atoms with Gasteiger partial charge in [-0.2, -0.15) is 0 Å². The molecule has 0 saturated heterocycles. The van der Waals surface area contributed by atoms with Crippen LogP contribution in [0.1, 0.15) is 77.6 Å². The molecule has 3 unspecified atom stereocenters. The second-order valence-electron chi connectivity index (χ2n) is 8.36. The topological polar surface area (TPSA) is 75.6 Å². The molecule has 2 saturated carbocycles. The number of rotatable bonds is 10. The molecule has 0 aliphatic heterocycles. The Morgan fingerprint density at radius 2 is 2.08 bits per heavy atom. The molecule has 0 heterocycles. The number of esters is 1. The van der Waals surface area contributed by atoms with Crippen LogP contribution in [0, 0.1) is 11.8 Å². The Hall–Kier alpha value is -1.36. The summed E-state index contributed by atoms with van der Waals surface area (Å²) in [5.41, 5.74) is -0.0263. The average Bonchev–Trinajstić information content (AvgIpc) is 2.57. The van der Waals surface area contributed by atoms with Gasteiger partial charge in [-0.25, -0.2) is 4.79 Å². The fourth-order valence-electron chi connectivity index (χ4n) is 4.50. The fourth-order valence-corrected chi connectivity index (χ4v) is 4.50. The van der Waals surface area contributed by atoms with Gasteiger partial charge in [0.1, 0.15) is 0 Å². The van der Waals surface area contributed by atoms with Gasteiger partial charge in [-0.1, -0.05) is 19.4 Å². The third-order valence-electron chi connectivity index (χ3n) is 5.76. The molecular weight excluding hydrogens is 330 g/mol. The van der Waals surface area contributed by atoms with Crippen LogP contribution in [-0.2, 0) is 14.3 Å². The molecule has 26 heavy (non-hydrogen) atoms. The SMILES string of the molecule is C=C(C)C(=O)OCCCCCNC(=O)CCC1CC2CCCC(O)(C2)C1. The molecule has 148 valence electrons. The van der Waals surface area contributed by atoms with E-state index in [1.807, 2.05) is 0 Å². The van der Waals surface area contributed by atoms with E-state index in [0.29, 0.717) is 37.0 Å². The van der Waals surface area contributed by atoms with Crippen LogP contribution >= 0.6 is 0 Å².